The van der Waals surface area contributed by atoms with E-state index in [1.165, 1.54) is 129 Å². The first-order valence-electron chi connectivity index (χ1n) is 25.5. The second-order valence-electron chi connectivity index (χ2n) is 20.6. The highest BCUT2D eigenvalue weighted by molar-refractivity contribution is 6.18. The van der Waals surface area contributed by atoms with Gasteiger partial charge < -0.3 is 9.13 Å². The van der Waals surface area contributed by atoms with Gasteiger partial charge in [0.25, 0.3) is 0 Å². The molecule has 4 heterocycles. The molecule has 0 radical (unpaired) electrons. The lowest BCUT2D eigenvalue weighted by molar-refractivity contribution is -0.659. The monoisotopic (exact) mass is 869 g/mol. The Bertz CT molecular complexity index is 3630. The fraction of sp³-hybridized carbons (Fsp3) is 0.323. The van der Waals surface area contributed by atoms with Gasteiger partial charge in [0.1, 0.15) is 14.1 Å². The fourth-order valence-electron chi connectivity index (χ4n) is 11.8. The highest BCUT2D eigenvalue weighted by Gasteiger charge is 2.28. The summed E-state index contributed by atoms with van der Waals surface area (Å²) in [7, 11) is 8.67. The Morgan fingerprint density at radius 2 is 0.924 bits per heavy atom. The van der Waals surface area contributed by atoms with Crippen molar-refractivity contribution in [1.82, 2.24) is 9.13 Å². The molecule has 0 aliphatic heterocycles. The van der Waals surface area contributed by atoms with E-state index in [0.29, 0.717) is 5.41 Å². The number of aromatic nitrogens is 4. The standard InChI is InChI=1S/C32H35N2.C30H31N2/c1-21-8-6-7-9-25(21)29-19-30-28(20-33(29)4)27-13-11-24-18-23(10-12-26(24)31(27)34(30)5)22-14-16-32(2,3)17-15-22;1-20-9-7-8-12-24(20)28-18-29-27(19-31(28)2)26-16-14-23-17-22(21-10-5-4-6-11-21)13-15-25(23)30(26)32(29)3/h6-13,18-20,22H,14-17H2,1-5H3;7-9,12-19,21H,4-6,10-11H2,1-3H3/q2*+1/i22D;21D. The first kappa shape index (κ1) is 40.1. The SMILES string of the molecule is [2H]C1(c2ccc3c(ccc4c5c[n+](C)c(-c6ccccc6C)cc5n(C)c34)c2)CCC(C)(C)CC1.[2H]C1(c2ccc3c(ccc4c5c[n+](C)c(-c6ccccc6C)cc5n(C)c34)c2)CCCCC1. The maximum absolute atomic E-state index is 9.24. The van der Waals surface area contributed by atoms with Gasteiger partial charge in [0.15, 0.2) is 12.4 Å². The zero-order chi connectivity index (χ0) is 47.3. The summed E-state index contributed by atoms with van der Waals surface area (Å²) in [6.45, 7) is 9.04. The van der Waals surface area contributed by atoms with Crippen molar-refractivity contribution in [2.75, 3.05) is 0 Å². The van der Waals surface area contributed by atoms with E-state index >= 15 is 0 Å². The van der Waals surface area contributed by atoms with Crippen LogP contribution in [0.3, 0.4) is 0 Å². The minimum Gasteiger partial charge on any atom is -0.343 e. The van der Waals surface area contributed by atoms with E-state index in [2.05, 4.69) is 208 Å². The summed E-state index contributed by atoms with van der Waals surface area (Å²) >= 11 is 0. The number of nitrogens with zero attached hydrogens (tertiary/aromatic N) is 4. The van der Waals surface area contributed by atoms with E-state index in [-0.39, 0.29) is 0 Å². The maximum atomic E-state index is 9.24. The molecule has 12 rings (SSSR count). The van der Waals surface area contributed by atoms with Crippen LogP contribution in [-0.2, 0) is 28.2 Å². The van der Waals surface area contributed by atoms with Crippen molar-refractivity contribution in [2.45, 2.75) is 97.3 Å². The summed E-state index contributed by atoms with van der Waals surface area (Å²) in [5.74, 6) is -0.885. The van der Waals surface area contributed by atoms with E-state index in [1.54, 1.807) is 0 Å². The Morgan fingerprint density at radius 3 is 1.38 bits per heavy atom. The van der Waals surface area contributed by atoms with Crippen LogP contribution >= 0.6 is 0 Å². The molecule has 2 fully saturated rings. The minimum atomic E-state index is -0.464. The van der Waals surface area contributed by atoms with Crippen molar-refractivity contribution in [2.24, 2.45) is 33.6 Å². The molecule has 4 aromatic heterocycles. The Kier molecular flexibility index (Phi) is 10.1. The molecule has 2 aliphatic rings. The molecule has 0 bridgehead atoms. The third-order valence-electron chi connectivity index (χ3n) is 15.8. The molecule has 0 atom stereocenters. The molecular weight excluding hydrogens is 801 g/mol. The Morgan fingerprint density at radius 1 is 0.500 bits per heavy atom. The predicted molar refractivity (Wildman–Crippen MR) is 279 cm³/mol. The average Bonchev–Trinajstić information content (AvgIpc) is 3.78. The number of aryl methyl sites for hydroxylation is 6. The average molecular weight is 869 g/mol. The topological polar surface area (TPSA) is 17.6 Å². The minimum absolute atomic E-state index is 0.365. The largest absolute Gasteiger partial charge is 0.343 e. The van der Waals surface area contributed by atoms with Gasteiger partial charge in [-0.2, -0.15) is 0 Å². The fourth-order valence-corrected chi connectivity index (χ4v) is 11.8. The van der Waals surface area contributed by atoms with Crippen LogP contribution in [0, 0.1) is 19.3 Å². The first-order valence-corrected chi connectivity index (χ1v) is 24.5. The predicted octanol–water partition coefficient (Wildman–Crippen LogP) is 15.3. The molecule has 332 valence electrons. The highest BCUT2D eigenvalue weighted by atomic mass is 15.0. The molecule has 0 unspecified atom stereocenters. The van der Waals surface area contributed by atoms with E-state index < -0.39 is 11.8 Å². The molecule has 4 heteroatoms. The zero-order valence-electron chi connectivity index (χ0n) is 42.4. The van der Waals surface area contributed by atoms with E-state index in [4.69, 9.17) is 1.37 Å². The number of hydrogen-bond acceptors (Lipinski definition) is 0. The van der Waals surface area contributed by atoms with Gasteiger partial charge >= 0.3 is 0 Å². The number of hydrogen-bond donors (Lipinski definition) is 0. The molecule has 0 spiro atoms. The number of rotatable bonds is 4. The van der Waals surface area contributed by atoms with Crippen molar-refractivity contribution < 1.29 is 11.9 Å². The Labute approximate surface area is 393 Å². The third-order valence-corrected chi connectivity index (χ3v) is 15.8. The molecule has 66 heavy (non-hydrogen) atoms. The molecule has 2 aliphatic carbocycles. The molecule has 2 saturated carbocycles. The van der Waals surface area contributed by atoms with Crippen molar-refractivity contribution in [1.29, 1.82) is 0 Å². The number of pyridine rings is 2. The maximum Gasteiger partial charge on any atom is 0.214 e. The second kappa shape index (κ2) is 16.6. The summed E-state index contributed by atoms with van der Waals surface area (Å²) in [6, 6.07) is 44.5. The van der Waals surface area contributed by atoms with Crippen LogP contribution in [0.4, 0.5) is 0 Å². The lowest BCUT2D eigenvalue weighted by atomic mass is 9.71. The van der Waals surface area contributed by atoms with Crippen molar-refractivity contribution in [3.8, 4) is 22.5 Å². The highest BCUT2D eigenvalue weighted by Crippen LogP contribution is 2.44. The van der Waals surface area contributed by atoms with E-state index in [9.17, 15) is 1.37 Å². The van der Waals surface area contributed by atoms with Crippen LogP contribution in [0.2, 0.25) is 0 Å². The van der Waals surface area contributed by atoms with Crippen LogP contribution < -0.4 is 9.13 Å². The van der Waals surface area contributed by atoms with Crippen LogP contribution in [0.1, 0.15) is 108 Å². The van der Waals surface area contributed by atoms with Crippen LogP contribution in [0.5, 0.6) is 0 Å². The molecule has 0 N–H and O–H groups in total. The number of fused-ring (bicyclic) bond motifs is 10. The molecule has 6 aromatic carbocycles. The third kappa shape index (κ3) is 7.28. The van der Waals surface area contributed by atoms with Gasteiger partial charge in [-0.3, -0.25) is 0 Å². The van der Waals surface area contributed by atoms with E-state index in [1.807, 2.05) is 0 Å². The lowest BCUT2D eigenvalue weighted by Gasteiger charge is -2.34. The summed E-state index contributed by atoms with van der Waals surface area (Å²) in [4.78, 5) is 0. The summed E-state index contributed by atoms with van der Waals surface area (Å²) in [5.41, 5.74) is 15.3. The van der Waals surface area contributed by atoms with Crippen molar-refractivity contribution >= 4 is 65.2 Å². The lowest BCUT2D eigenvalue weighted by Crippen LogP contribution is -2.30. The van der Waals surface area contributed by atoms with Gasteiger partial charge in [-0.1, -0.05) is 130 Å². The normalized spacial score (nSPS) is 17.3. The van der Waals surface area contributed by atoms with Gasteiger partial charge in [0.05, 0.1) is 32.8 Å². The van der Waals surface area contributed by atoms with Gasteiger partial charge in [0, 0.05) is 61.6 Å². The Balaban J connectivity index is 0.000000149. The van der Waals surface area contributed by atoms with Gasteiger partial charge in [-0.15, -0.1) is 0 Å². The van der Waals surface area contributed by atoms with Crippen LogP contribution in [0.25, 0.3) is 87.7 Å². The molecule has 10 aromatic rings. The van der Waals surface area contributed by atoms with Crippen molar-refractivity contribution in [3.05, 3.63) is 156 Å². The molecule has 0 saturated heterocycles. The molecular formula is C62H66N4+2. The molecule has 4 nitrogen and oxygen atoms in total. The van der Waals surface area contributed by atoms with Crippen molar-refractivity contribution in [3.63, 3.8) is 0 Å². The van der Waals surface area contributed by atoms with Crippen LogP contribution in [-0.4, -0.2) is 9.13 Å². The van der Waals surface area contributed by atoms with E-state index in [0.717, 1.165) is 38.5 Å². The quantitative estimate of drug-likeness (QED) is 0.157. The smallest absolute Gasteiger partial charge is 0.214 e. The second-order valence-corrected chi connectivity index (χ2v) is 20.6. The van der Waals surface area contributed by atoms with Gasteiger partial charge in [-0.05, 0) is 115 Å². The van der Waals surface area contributed by atoms with Crippen LogP contribution in [0.15, 0.2) is 134 Å². The molecule has 0 amide bonds. The number of benzene rings is 6. The summed E-state index contributed by atoms with van der Waals surface area (Å²) in [6.07, 6.45) is 14.3. The van der Waals surface area contributed by atoms with Gasteiger partial charge in [0.2, 0.25) is 11.4 Å². The summed E-state index contributed by atoms with van der Waals surface area (Å²) in [5, 5.41) is 10.2. The Hall–Kier alpha value is -6.26. The van der Waals surface area contributed by atoms with Gasteiger partial charge in [-0.25, -0.2) is 9.13 Å². The zero-order valence-corrected chi connectivity index (χ0v) is 40.4. The first-order chi connectivity index (χ1) is 32.6. The summed E-state index contributed by atoms with van der Waals surface area (Å²) < 4.78 is 27.5.